The molecule has 3 aromatic heterocycles. The highest BCUT2D eigenvalue weighted by Gasteiger charge is 2.21. The number of pyridine rings is 1. The van der Waals surface area contributed by atoms with Crippen molar-refractivity contribution in [1.29, 1.82) is 5.26 Å². The maximum atomic E-state index is 13.3. The highest BCUT2D eigenvalue weighted by atomic mass is 35.5. The standard InChI is InChI=1S/C33H18ClN3O2/c34-21-12-9-20(10-13-21)24-16-30(37-32(27(24)17-35)28-18-36-29-8-4-3-7-23(28)29)26-15-25-22-6-2-1-5-19(22)11-14-31(25)39-33(26)38/h1-16,18,36H. The summed E-state index contributed by atoms with van der Waals surface area (Å²) in [4.78, 5) is 21.5. The number of para-hydroxylation sites is 1. The van der Waals surface area contributed by atoms with Crippen LogP contribution in [0.25, 0.3) is 66.3 Å². The molecule has 0 radical (unpaired) electrons. The van der Waals surface area contributed by atoms with Crippen LogP contribution in [0.3, 0.4) is 0 Å². The second kappa shape index (κ2) is 8.98. The second-order valence-corrected chi connectivity index (χ2v) is 9.73. The molecule has 0 saturated carbocycles. The number of H-pyrrole nitrogens is 1. The van der Waals surface area contributed by atoms with Gasteiger partial charge in [-0.05, 0) is 52.7 Å². The van der Waals surface area contributed by atoms with Crippen molar-refractivity contribution in [3.8, 4) is 39.7 Å². The van der Waals surface area contributed by atoms with Crippen molar-refractivity contribution in [3.63, 3.8) is 0 Å². The quantitative estimate of drug-likeness (QED) is 0.186. The van der Waals surface area contributed by atoms with Gasteiger partial charge in [-0.15, -0.1) is 0 Å². The molecule has 0 spiro atoms. The van der Waals surface area contributed by atoms with E-state index in [1.807, 2.05) is 85.1 Å². The third-order valence-corrected chi connectivity index (χ3v) is 7.30. The summed E-state index contributed by atoms with van der Waals surface area (Å²) in [6.45, 7) is 0. The van der Waals surface area contributed by atoms with Crippen molar-refractivity contribution in [2.24, 2.45) is 0 Å². The van der Waals surface area contributed by atoms with Crippen LogP contribution in [0.5, 0.6) is 0 Å². The van der Waals surface area contributed by atoms with Crippen molar-refractivity contribution in [3.05, 3.63) is 124 Å². The molecule has 0 bridgehead atoms. The molecule has 6 heteroatoms. The minimum Gasteiger partial charge on any atom is -0.422 e. The lowest BCUT2D eigenvalue weighted by Crippen LogP contribution is -2.06. The molecule has 0 saturated heterocycles. The molecule has 0 atom stereocenters. The maximum absolute atomic E-state index is 13.3. The number of nitrogens with one attached hydrogen (secondary N) is 1. The van der Waals surface area contributed by atoms with E-state index in [0.29, 0.717) is 38.7 Å². The Morgan fingerprint density at radius 2 is 1.56 bits per heavy atom. The fraction of sp³-hybridized carbons (Fsp3) is 0. The third-order valence-electron chi connectivity index (χ3n) is 7.05. The number of fused-ring (bicyclic) bond motifs is 4. The second-order valence-electron chi connectivity index (χ2n) is 9.29. The smallest absolute Gasteiger partial charge is 0.345 e. The summed E-state index contributed by atoms with van der Waals surface area (Å²) >= 11 is 6.17. The Kier molecular flexibility index (Phi) is 5.29. The van der Waals surface area contributed by atoms with Gasteiger partial charge in [0.1, 0.15) is 11.7 Å². The Bertz CT molecular complexity index is 2170. The Morgan fingerprint density at radius 1 is 0.795 bits per heavy atom. The molecule has 184 valence electrons. The number of aromatic amines is 1. The number of nitriles is 1. The molecule has 4 aromatic carbocycles. The van der Waals surface area contributed by atoms with Crippen molar-refractivity contribution in [2.45, 2.75) is 0 Å². The van der Waals surface area contributed by atoms with E-state index in [1.54, 1.807) is 18.2 Å². The zero-order valence-corrected chi connectivity index (χ0v) is 21.2. The zero-order chi connectivity index (χ0) is 26.5. The van der Waals surface area contributed by atoms with Gasteiger partial charge < -0.3 is 9.40 Å². The molecule has 0 fully saturated rings. The number of halogens is 1. The van der Waals surface area contributed by atoms with Gasteiger partial charge in [0.25, 0.3) is 0 Å². The first-order valence-electron chi connectivity index (χ1n) is 12.3. The van der Waals surface area contributed by atoms with Crippen LogP contribution in [-0.4, -0.2) is 9.97 Å². The molecule has 39 heavy (non-hydrogen) atoms. The molecule has 0 aliphatic rings. The Labute approximate surface area is 227 Å². The van der Waals surface area contributed by atoms with E-state index in [2.05, 4.69) is 11.1 Å². The molecule has 1 N–H and O–H groups in total. The first kappa shape index (κ1) is 23.0. The number of benzene rings is 4. The van der Waals surface area contributed by atoms with Crippen molar-refractivity contribution < 1.29 is 4.42 Å². The van der Waals surface area contributed by atoms with E-state index < -0.39 is 5.63 Å². The van der Waals surface area contributed by atoms with E-state index in [9.17, 15) is 10.1 Å². The van der Waals surface area contributed by atoms with Gasteiger partial charge in [0.2, 0.25) is 0 Å². The molecular weight excluding hydrogens is 506 g/mol. The monoisotopic (exact) mass is 523 g/mol. The van der Waals surface area contributed by atoms with Crippen LogP contribution in [0.4, 0.5) is 0 Å². The van der Waals surface area contributed by atoms with Crippen LogP contribution in [0.15, 0.2) is 112 Å². The number of nitrogens with zero attached hydrogens (tertiary/aromatic N) is 2. The average molecular weight is 524 g/mol. The molecule has 0 unspecified atom stereocenters. The molecule has 0 amide bonds. The maximum Gasteiger partial charge on any atom is 0.345 e. The van der Waals surface area contributed by atoms with Crippen molar-refractivity contribution in [2.75, 3.05) is 0 Å². The van der Waals surface area contributed by atoms with Gasteiger partial charge in [-0.2, -0.15) is 5.26 Å². The first-order chi connectivity index (χ1) is 19.1. The summed E-state index contributed by atoms with van der Waals surface area (Å²) in [5, 5.41) is 14.7. The number of rotatable bonds is 3. The van der Waals surface area contributed by atoms with Gasteiger partial charge in [0.05, 0.1) is 22.5 Å². The number of hydrogen-bond acceptors (Lipinski definition) is 4. The van der Waals surface area contributed by atoms with Crippen molar-refractivity contribution in [1.82, 2.24) is 9.97 Å². The third kappa shape index (κ3) is 3.78. The van der Waals surface area contributed by atoms with E-state index in [-0.39, 0.29) is 0 Å². The summed E-state index contributed by atoms with van der Waals surface area (Å²) in [5.41, 5.74) is 4.77. The summed E-state index contributed by atoms with van der Waals surface area (Å²) in [5.74, 6) is 0. The van der Waals surface area contributed by atoms with Gasteiger partial charge in [-0.3, -0.25) is 0 Å². The predicted molar refractivity (Wildman–Crippen MR) is 156 cm³/mol. The molecule has 7 rings (SSSR count). The number of aromatic nitrogens is 2. The minimum absolute atomic E-state index is 0.319. The van der Waals surface area contributed by atoms with Gasteiger partial charge >= 0.3 is 5.63 Å². The first-order valence-corrected chi connectivity index (χ1v) is 12.7. The predicted octanol–water partition coefficient (Wildman–Crippen LogP) is 8.35. The summed E-state index contributed by atoms with van der Waals surface area (Å²) < 4.78 is 5.79. The summed E-state index contributed by atoms with van der Waals surface area (Å²) in [6.07, 6.45) is 1.85. The molecule has 3 heterocycles. The molecule has 7 aromatic rings. The van der Waals surface area contributed by atoms with Crippen LogP contribution in [-0.2, 0) is 0 Å². The summed E-state index contributed by atoms with van der Waals surface area (Å²) in [6, 6.07) is 32.8. The van der Waals surface area contributed by atoms with E-state index in [0.717, 1.165) is 38.2 Å². The lowest BCUT2D eigenvalue weighted by Gasteiger charge is -2.13. The molecule has 0 aliphatic carbocycles. The van der Waals surface area contributed by atoms with E-state index in [4.69, 9.17) is 21.0 Å². The lowest BCUT2D eigenvalue weighted by molar-refractivity contribution is 0.563. The largest absolute Gasteiger partial charge is 0.422 e. The van der Waals surface area contributed by atoms with Crippen LogP contribution in [0, 0.1) is 11.3 Å². The summed E-state index contributed by atoms with van der Waals surface area (Å²) in [7, 11) is 0. The van der Waals surface area contributed by atoms with E-state index in [1.165, 1.54) is 0 Å². The highest BCUT2D eigenvalue weighted by molar-refractivity contribution is 6.30. The van der Waals surface area contributed by atoms with Crippen LogP contribution < -0.4 is 5.63 Å². The normalized spacial score (nSPS) is 11.3. The van der Waals surface area contributed by atoms with Crippen molar-refractivity contribution >= 4 is 44.2 Å². The molecule has 5 nitrogen and oxygen atoms in total. The van der Waals surface area contributed by atoms with E-state index >= 15 is 0 Å². The Hall–Kier alpha value is -5.18. The van der Waals surface area contributed by atoms with Gasteiger partial charge in [0.15, 0.2) is 0 Å². The Balaban J connectivity index is 1.57. The van der Waals surface area contributed by atoms with Crippen LogP contribution in [0.2, 0.25) is 5.02 Å². The number of hydrogen-bond donors (Lipinski definition) is 1. The van der Waals surface area contributed by atoms with Gasteiger partial charge in [0, 0.05) is 38.6 Å². The van der Waals surface area contributed by atoms with Gasteiger partial charge in [-0.25, -0.2) is 9.78 Å². The highest BCUT2D eigenvalue weighted by Crippen LogP contribution is 2.38. The average Bonchev–Trinajstić information content (AvgIpc) is 3.40. The Morgan fingerprint density at radius 3 is 2.38 bits per heavy atom. The molecular formula is C33H18ClN3O2. The van der Waals surface area contributed by atoms with Crippen LogP contribution >= 0.6 is 11.6 Å². The zero-order valence-electron chi connectivity index (χ0n) is 20.4. The van der Waals surface area contributed by atoms with Gasteiger partial charge in [-0.1, -0.05) is 72.3 Å². The minimum atomic E-state index is -0.498. The SMILES string of the molecule is N#Cc1c(-c2ccc(Cl)cc2)cc(-c2cc3c(ccc4ccccc43)oc2=O)nc1-c1c[nH]c2ccccc12. The topological polar surface area (TPSA) is 82.7 Å². The fourth-order valence-electron chi connectivity index (χ4n) is 5.17. The van der Waals surface area contributed by atoms with Crippen LogP contribution in [0.1, 0.15) is 5.56 Å². The lowest BCUT2D eigenvalue weighted by atomic mass is 9.94. The fourth-order valence-corrected chi connectivity index (χ4v) is 5.29. The molecule has 0 aliphatic heterocycles.